The van der Waals surface area contributed by atoms with E-state index in [1.54, 1.807) is 6.26 Å². The molecular formula is C9H10N2O. The molecule has 1 heterocycles. The highest BCUT2D eigenvalue weighted by Crippen LogP contribution is 2.24. The predicted octanol–water partition coefficient (Wildman–Crippen LogP) is 1.76. The highest BCUT2D eigenvalue weighted by molar-refractivity contribution is 5.90. The summed E-state index contributed by atoms with van der Waals surface area (Å²) in [6.45, 7) is 0.420. The summed E-state index contributed by atoms with van der Waals surface area (Å²) >= 11 is 0. The van der Waals surface area contributed by atoms with Crippen molar-refractivity contribution in [2.45, 2.75) is 0 Å². The van der Waals surface area contributed by atoms with Crippen LogP contribution in [0.25, 0.3) is 11.0 Å². The Hall–Kier alpha value is -1.48. The molecule has 3 nitrogen and oxygen atoms in total. The Kier molecular flexibility index (Phi) is 1.72. The van der Waals surface area contributed by atoms with Gasteiger partial charge in [-0.25, -0.2) is 0 Å². The minimum atomic E-state index is 0.420. The fourth-order valence-corrected chi connectivity index (χ4v) is 1.22. The third-order valence-electron chi connectivity index (χ3n) is 1.77. The van der Waals surface area contributed by atoms with Gasteiger partial charge in [-0.15, -0.1) is 0 Å². The summed E-state index contributed by atoms with van der Waals surface area (Å²) in [6.07, 6.45) is 1.68. The van der Waals surface area contributed by atoms with Crippen LogP contribution in [-0.2, 0) is 0 Å². The van der Waals surface area contributed by atoms with Gasteiger partial charge < -0.3 is 15.5 Å². The summed E-state index contributed by atoms with van der Waals surface area (Å²) in [4.78, 5) is 0. The van der Waals surface area contributed by atoms with Gasteiger partial charge in [0, 0.05) is 5.39 Å². The second kappa shape index (κ2) is 2.87. The molecule has 2 rings (SSSR count). The summed E-state index contributed by atoms with van der Waals surface area (Å²) in [5.74, 6) is 0. The third kappa shape index (κ3) is 1.04. The Bertz CT molecular complexity index is 381. The van der Waals surface area contributed by atoms with Crippen LogP contribution >= 0.6 is 0 Å². The summed E-state index contributed by atoms with van der Waals surface area (Å²) in [7, 11) is 0. The van der Waals surface area contributed by atoms with E-state index in [1.807, 2.05) is 24.3 Å². The number of para-hydroxylation sites is 1. The Morgan fingerprint density at radius 1 is 1.33 bits per heavy atom. The predicted molar refractivity (Wildman–Crippen MR) is 48.9 cm³/mol. The van der Waals surface area contributed by atoms with Gasteiger partial charge in [0.25, 0.3) is 0 Å². The maximum Gasteiger partial charge on any atom is 0.136 e. The fourth-order valence-electron chi connectivity index (χ4n) is 1.22. The van der Waals surface area contributed by atoms with Gasteiger partial charge in [-0.1, -0.05) is 12.1 Å². The quantitative estimate of drug-likeness (QED) is 0.661. The molecule has 12 heavy (non-hydrogen) atoms. The van der Waals surface area contributed by atoms with Crippen molar-refractivity contribution >= 4 is 16.7 Å². The van der Waals surface area contributed by atoms with Gasteiger partial charge in [0.15, 0.2) is 0 Å². The molecule has 62 valence electrons. The SMILES string of the molecule is NCNc1coc2ccccc12. The summed E-state index contributed by atoms with van der Waals surface area (Å²) < 4.78 is 5.28. The number of anilines is 1. The molecule has 0 aliphatic heterocycles. The van der Waals surface area contributed by atoms with Crippen LogP contribution in [0.5, 0.6) is 0 Å². The van der Waals surface area contributed by atoms with Crippen molar-refractivity contribution < 1.29 is 4.42 Å². The fraction of sp³-hybridized carbons (Fsp3) is 0.111. The van der Waals surface area contributed by atoms with Crippen molar-refractivity contribution in [2.24, 2.45) is 5.73 Å². The first-order chi connectivity index (χ1) is 5.92. The number of rotatable bonds is 2. The first-order valence-electron chi connectivity index (χ1n) is 3.82. The van der Waals surface area contributed by atoms with Crippen LogP contribution in [0, 0.1) is 0 Å². The smallest absolute Gasteiger partial charge is 0.136 e. The van der Waals surface area contributed by atoms with E-state index in [1.165, 1.54) is 0 Å². The zero-order chi connectivity index (χ0) is 8.39. The maximum absolute atomic E-state index is 5.36. The van der Waals surface area contributed by atoms with E-state index in [0.717, 1.165) is 16.7 Å². The van der Waals surface area contributed by atoms with Gasteiger partial charge >= 0.3 is 0 Å². The van der Waals surface area contributed by atoms with Crippen molar-refractivity contribution in [3.63, 3.8) is 0 Å². The average Bonchev–Trinajstić information content (AvgIpc) is 2.50. The second-order valence-electron chi connectivity index (χ2n) is 2.53. The number of furan rings is 1. The molecule has 0 atom stereocenters. The van der Waals surface area contributed by atoms with Crippen molar-refractivity contribution in [3.05, 3.63) is 30.5 Å². The van der Waals surface area contributed by atoms with E-state index in [-0.39, 0.29) is 0 Å². The molecule has 0 saturated carbocycles. The molecule has 0 amide bonds. The minimum absolute atomic E-state index is 0.420. The van der Waals surface area contributed by atoms with E-state index < -0.39 is 0 Å². The van der Waals surface area contributed by atoms with E-state index in [4.69, 9.17) is 10.2 Å². The molecule has 0 fully saturated rings. The van der Waals surface area contributed by atoms with Gasteiger partial charge in [0.1, 0.15) is 11.8 Å². The van der Waals surface area contributed by atoms with Gasteiger partial charge in [-0.05, 0) is 12.1 Å². The van der Waals surface area contributed by atoms with Crippen molar-refractivity contribution in [3.8, 4) is 0 Å². The second-order valence-corrected chi connectivity index (χ2v) is 2.53. The number of hydrogen-bond donors (Lipinski definition) is 2. The Labute approximate surface area is 70.2 Å². The van der Waals surface area contributed by atoms with Crippen LogP contribution in [0.15, 0.2) is 34.9 Å². The van der Waals surface area contributed by atoms with Gasteiger partial charge in [-0.2, -0.15) is 0 Å². The normalized spacial score (nSPS) is 10.4. The molecule has 1 aromatic carbocycles. The van der Waals surface area contributed by atoms with Crippen LogP contribution in [0.4, 0.5) is 5.69 Å². The van der Waals surface area contributed by atoms with E-state index >= 15 is 0 Å². The van der Waals surface area contributed by atoms with Crippen molar-refractivity contribution in [1.82, 2.24) is 0 Å². The van der Waals surface area contributed by atoms with E-state index in [0.29, 0.717) is 6.67 Å². The maximum atomic E-state index is 5.36. The molecule has 0 bridgehead atoms. The number of nitrogens with one attached hydrogen (secondary N) is 1. The Morgan fingerprint density at radius 2 is 2.17 bits per heavy atom. The number of hydrogen-bond acceptors (Lipinski definition) is 3. The molecule has 0 aliphatic rings. The van der Waals surface area contributed by atoms with Crippen LogP contribution in [0.3, 0.4) is 0 Å². The molecule has 2 aromatic rings. The summed E-state index contributed by atoms with van der Waals surface area (Å²) in [6, 6.07) is 7.84. The number of benzene rings is 1. The lowest BCUT2D eigenvalue weighted by Crippen LogP contribution is -2.09. The number of nitrogens with two attached hydrogens (primary N) is 1. The molecule has 1 aromatic heterocycles. The van der Waals surface area contributed by atoms with Gasteiger partial charge in [0.2, 0.25) is 0 Å². The van der Waals surface area contributed by atoms with Crippen LogP contribution in [-0.4, -0.2) is 6.67 Å². The monoisotopic (exact) mass is 162 g/mol. The van der Waals surface area contributed by atoms with Crippen LogP contribution in [0.2, 0.25) is 0 Å². The molecule has 0 aliphatic carbocycles. The minimum Gasteiger partial charge on any atom is -0.462 e. The van der Waals surface area contributed by atoms with Gasteiger partial charge in [-0.3, -0.25) is 0 Å². The molecule has 0 radical (unpaired) electrons. The lowest BCUT2D eigenvalue weighted by atomic mass is 10.2. The van der Waals surface area contributed by atoms with E-state index in [9.17, 15) is 0 Å². The van der Waals surface area contributed by atoms with Crippen molar-refractivity contribution in [1.29, 1.82) is 0 Å². The van der Waals surface area contributed by atoms with Crippen LogP contribution < -0.4 is 11.1 Å². The highest BCUT2D eigenvalue weighted by Gasteiger charge is 2.01. The van der Waals surface area contributed by atoms with Crippen molar-refractivity contribution in [2.75, 3.05) is 12.0 Å². The molecule has 3 heteroatoms. The largest absolute Gasteiger partial charge is 0.462 e. The summed E-state index contributed by atoms with van der Waals surface area (Å²) in [5.41, 5.74) is 7.19. The lowest BCUT2D eigenvalue weighted by molar-refractivity contribution is 0.616. The molecule has 0 spiro atoms. The molecule has 3 N–H and O–H groups in total. The summed E-state index contributed by atoms with van der Waals surface area (Å²) in [5, 5.41) is 4.09. The Balaban J connectivity index is 2.55. The number of fused-ring (bicyclic) bond motifs is 1. The first kappa shape index (κ1) is 7.18. The molecule has 0 unspecified atom stereocenters. The molecule has 0 saturated heterocycles. The van der Waals surface area contributed by atoms with Crippen LogP contribution in [0.1, 0.15) is 0 Å². The Morgan fingerprint density at radius 3 is 3.00 bits per heavy atom. The topological polar surface area (TPSA) is 51.2 Å². The zero-order valence-electron chi connectivity index (χ0n) is 6.58. The third-order valence-corrected chi connectivity index (χ3v) is 1.77. The van der Waals surface area contributed by atoms with E-state index in [2.05, 4.69) is 5.32 Å². The van der Waals surface area contributed by atoms with Gasteiger partial charge in [0.05, 0.1) is 12.4 Å². The highest BCUT2D eigenvalue weighted by atomic mass is 16.3. The first-order valence-corrected chi connectivity index (χ1v) is 3.82. The zero-order valence-corrected chi connectivity index (χ0v) is 6.58. The average molecular weight is 162 g/mol. The molecular weight excluding hydrogens is 152 g/mol. The standard InChI is InChI=1S/C9H10N2O/c10-6-11-8-5-12-9-4-2-1-3-7(8)9/h1-5,11H,6,10H2. The lowest BCUT2D eigenvalue weighted by Gasteiger charge is -1.96.